The van der Waals surface area contributed by atoms with Crippen LogP contribution in [-0.4, -0.2) is 47.9 Å². The van der Waals surface area contributed by atoms with E-state index in [2.05, 4.69) is 66.6 Å². The molecule has 0 spiro atoms. The van der Waals surface area contributed by atoms with Gasteiger partial charge in [-0.15, -0.1) is 0 Å². The lowest BCUT2D eigenvalue weighted by molar-refractivity contribution is -0.114. The molecule has 1 aromatic rings. The third-order valence-corrected chi connectivity index (χ3v) is 5.21. The van der Waals surface area contributed by atoms with Crippen molar-refractivity contribution in [2.75, 3.05) is 20.6 Å². The molecule has 0 amide bonds. The van der Waals surface area contributed by atoms with E-state index in [0.717, 1.165) is 19.4 Å². The summed E-state index contributed by atoms with van der Waals surface area (Å²) in [5.74, 6) is 0.949. The molecule has 0 saturated carbocycles. The SMILES string of the molecule is CN(O)C1CN(C)C(Cc2ccccc2)C1C1C=CC=CC1. The lowest BCUT2D eigenvalue weighted by Gasteiger charge is -2.34. The molecule has 1 fully saturated rings. The summed E-state index contributed by atoms with van der Waals surface area (Å²) in [6.45, 7) is 0.920. The Morgan fingerprint density at radius 3 is 2.64 bits per heavy atom. The van der Waals surface area contributed by atoms with Crippen molar-refractivity contribution in [2.45, 2.75) is 24.9 Å². The Morgan fingerprint density at radius 2 is 2.00 bits per heavy atom. The number of benzene rings is 1. The van der Waals surface area contributed by atoms with Gasteiger partial charge in [-0.3, -0.25) is 0 Å². The molecule has 0 aromatic heterocycles. The fraction of sp³-hybridized carbons (Fsp3) is 0.474. The Labute approximate surface area is 133 Å². The molecule has 3 nitrogen and oxygen atoms in total. The van der Waals surface area contributed by atoms with Gasteiger partial charge in [-0.1, -0.05) is 54.6 Å². The highest BCUT2D eigenvalue weighted by molar-refractivity contribution is 5.20. The van der Waals surface area contributed by atoms with Gasteiger partial charge in [0, 0.05) is 25.6 Å². The van der Waals surface area contributed by atoms with Crippen LogP contribution in [0.2, 0.25) is 0 Å². The summed E-state index contributed by atoms with van der Waals surface area (Å²) in [7, 11) is 3.98. The Kier molecular flexibility index (Phi) is 4.77. The van der Waals surface area contributed by atoms with Crippen LogP contribution in [0, 0.1) is 11.8 Å². The average Bonchev–Trinajstić information content (AvgIpc) is 2.86. The van der Waals surface area contributed by atoms with E-state index in [1.807, 2.05) is 0 Å². The van der Waals surface area contributed by atoms with Crippen LogP contribution in [0.3, 0.4) is 0 Å². The fourth-order valence-electron chi connectivity index (χ4n) is 4.07. The first-order valence-electron chi connectivity index (χ1n) is 8.16. The molecule has 118 valence electrons. The number of hydrogen-bond donors (Lipinski definition) is 1. The van der Waals surface area contributed by atoms with E-state index in [1.165, 1.54) is 10.6 Å². The van der Waals surface area contributed by atoms with Gasteiger partial charge in [0.1, 0.15) is 0 Å². The predicted molar refractivity (Wildman–Crippen MR) is 89.8 cm³/mol. The minimum atomic E-state index is 0.194. The van der Waals surface area contributed by atoms with E-state index in [0.29, 0.717) is 17.9 Å². The molecule has 4 atom stereocenters. The molecular formula is C19H26N2O. The minimum absolute atomic E-state index is 0.194. The third kappa shape index (κ3) is 3.17. The summed E-state index contributed by atoms with van der Waals surface area (Å²) in [6, 6.07) is 11.4. The molecule has 3 heteroatoms. The van der Waals surface area contributed by atoms with Crippen LogP contribution in [0.5, 0.6) is 0 Å². The standard InChI is InChI=1S/C19H26N2O/c1-20-14-18(21(2)22)19(16-11-7-4-8-12-16)17(20)13-15-9-5-3-6-10-15/h3-11,16-19,22H,12-14H2,1-2H3. The molecule has 1 aromatic carbocycles. The van der Waals surface area contributed by atoms with Crippen LogP contribution < -0.4 is 0 Å². The van der Waals surface area contributed by atoms with Crippen LogP contribution in [0.15, 0.2) is 54.6 Å². The number of allylic oxidation sites excluding steroid dienone is 4. The summed E-state index contributed by atoms with van der Waals surface area (Å²) in [5, 5.41) is 11.5. The quantitative estimate of drug-likeness (QED) is 0.866. The van der Waals surface area contributed by atoms with Crippen LogP contribution in [0.1, 0.15) is 12.0 Å². The topological polar surface area (TPSA) is 26.7 Å². The molecule has 1 aliphatic heterocycles. The van der Waals surface area contributed by atoms with Gasteiger partial charge in [-0.05, 0) is 31.4 Å². The van der Waals surface area contributed by atoms with E-state index < -0.39 is 0 Å². The van der Waals surface area contributed by atoms with E-state index in [1.54, 1.807) is 7.05 Å². The normalized spacial score (nSPS) is 32.0. The Hall–Kier alpha value is -1.42. The lowest BCUT2D eigenvalue weighted by atomic mass is 9.78. The zero-order valence-electron chi connectivity index (χ0n) is 13.5. The number of hydroxylamine groups is 2. The van der Waals surface area contributed by atoms with Crippen LogP contribution in [0.25, 0.3) is 0 Å². The van der Waals surface area contributed by atoms with Crippen molar-refractivity contribution < 1.29 is 5.21 Å². The first-order valence-corrected chi connectivity index (χ1v) is 8.16. The summed E-state index contributed by atoms with van der Waals surface area (Å²) >= 11 is 0. The zero-order valence-corrected chi connectivity index (χ0v) is 13.5. The molecule has 0 bridgehead atoms. The third-order valence-electron chi connectivity index (χ3n) is 5.21. The van der Waals surface area contributed by atoms with E-state index in [-0.39, 0.29) is 6.04 Å². The maximum absolute atomic E-state index is 10.1. The number of nitrogens with zero attached hydrogens (tertiary/aromatic N) is 2. The highest BCUT2D eigenvalue weighted by atomic mass is 16.5. The van der Waals surface area contributed by atoms with Crippen LogP contribution in [-0.2, 0) is 6.42 Å². The average molecular weight is 298 g/mol. The van der Waals surface area contributed by atoms with Gasteiger partial charge < -0.3 is 10.1 Å². The molecular weight excluding hydrogens is 272 g/mol. The van der Waals surface area contributed by atoms with Crippen molar-refractivity contribution in [3.63, 3.8) is 0 Å². The molecule has 22 heavy (non-hydrogen) atoms. The Morgan fingerprint density at radius 1 is 1.23 bits per heavy atom. The first kappa shape index (κ1) is 15.5. The second-order valence-corrected chi connectivity index (χ2v) is 6.63. The minimum Gasteiger partial charge on any atom is -0.314 e. The largest absolute Gasteiger partial charge is 0.314 e. The van der Waals surface area contributed by atoms with Gasteiger partial charge in [-0.25, -0.2) is 0 Å². The number of likely N-dealkylation sites (N-methyl/N-ethyl adjacent to an activating group) is 2. The maximum atomic E-state index is 10.1. The van der Waals surface area contributed by atoms with Crippen LogP contribution >= 0.6 is 0 Å². The lowest BCUT2D eigenvalue weighted by Crippen LogP contribution is -2.41. The van der Waals surface area contributed by atoms with Gasteiger partial charge in [0.2, 0.25) is 0 Å². The number of rotatable bonds is 4. The molecule has 0 radical (unpaired) electrons. The van der Waals surface area contributed by atoms with Crippen molar-refractivity contribution in [3.8, 4) is 0 Å². The Balaban J connectivity index is 1.84. The monoisotopic (exact) mass is 298 g/mol. The molecule has 2 aliphatic rings. The first-order chi connectivity index (χ1) is 10.7. The second-order valence-electron chi connectivity index (χ2n) is 6.63. The fourth-order valence-corrected chi connectivity index (χ4v) is 4.07. The number of likely N-dealkylation sites (tertiary alicyclic amines) is 1. The van der Waals surface area contributed by atoms with Crippen molar-refractivity contribution in [3.05, 3.63) is 60.2 Å². The molecule has 4 unspecified atom stereocenters. The summed E-state index contributed by atoms with van der Waals surface area (Å²) in [6.07, 6.45) is 11.0. The second kappa shape index (κ2) is 6.78. The van der Waals surface area contributed by atoms with Gasteiger partial charge in [0.25, 0.3) is 0 Å². The maximum Gasteiger partial charge on any atom is 0.0523 e. The predicted octanol–water partition coefficient (Wildman–Crippen LogP) is 2.98. The van der Waals surface area contributed by atoms with Crippen molar-refractivity contribution >= 4 is 0 Å². The molecule has 1 aliphatic carbocycles. The van der Waals surface area contributed by atoms with Gasteiger partial charge in [0.15, 0.2) is 0 Å². The Bertz CT molecular complexity index is 538. The van der Waals surface area contributed by atoms with Gasteiger partial charge >= 0.3 is 0 Å². The summed E-state index contributed by atoms with van der Waals surface area (Å²) < 4.78 is 0. The summed E-state index contributed by atoms with van der Waals surface area (Å²) in [4.78, 5) is 2.42. The molecule has 3 rings (SSSR count). The van der Waals surface area contributed by atoms with Gasteiger partial charge in [-0.2, -0.15) is 5.06 Å². The smallest absolute Gasteiger partial charge is 0.0523 e. The summed E-state index contributed by atoms with van der Waals surface area (Å²) in [5.41, 5.74) is 1.38. The highest BCUT2D eigenvalue weighted by Crippen LogP contribution is 2.37. The molecule has 1 heterocycles. The van der Waals surface area contributed by atoms with Gasteiger partial charge in [0.05, 0.1) is 6.04 Å². The van der Waals surface area contributed by atoms with Crippen molar-refractivity contribution in [1.82, 2.24) is 9.96 Å². The van der Waals surface area contributed by atoms with E-state index >= 15 is 0 Å². The van der Waals surface area contributed by atoms with Crippen LogP contribution in [0.4, 0.5) is 0 Å². The molecule has 1 N–H and O–H groups in total. The highest BCUT2D eigenvalue weighted by Gasteiger charge is 2.44. The van der Waals surface area contributed by atoms with Crippen molar-refractivity contribution in [2.24, 2.45) is 11.8 Å². The number of hydrogen-bond acceptors (Lipinski definition) is 3. The van der Waals surface area contributed by atoms with E-state index in [9.17, 15) is 5.21 Å². The van der Waals surface area contributed by atoms with Crippen molar-refractivity contribution in [1.29, 1.82) is 0 Å². The molecule has 1 saturated heterocycles. The zero-order chi connectivity index (χ0) is 15.5. The van der Waals surface area contributed by atoms with E-state index in [4.69, 9.17) is 0 Å².